The second kappa shape index (κ2) is 8.73. The third kappa shape index (κ3) is 5.19. The molecule has 0 spiro atoms. The standard InChI is InChI=1S/C24H17F3N2OS/c25-24(26,27)19-11-9-16(10-12-19)13-22(30)28-20-8-4-7-18(14-20)21-15-31-23(29-21)17-5-2-1-3-6-17/h1-12,14-15H,13H2,(H,28,30). The number of rotatable bonds is 5. The molecule has 0 bridgehead atoms. The lowest BCUT2D eigenvalue weighted by molar-refractivity contribution is -0.137. The fraction of sp³-hybridized carbons (Fsp3) is 0.0833. The quantitative estimate of drug-likeness (QED) is 0.378. The zero-order valence-corrected chi connectivity index (χ0v) is 17.0. The second-order valence-electron chi connectivity index (χ2n) is 6.90. The van der Waals surface area contributed by atoms with E-state index >= 15 is 0 Å². The van der Waals surface area contributed by atoms with E-state index in [2.05, 4.69) is 10.3 Å². The van der Waals surface area contributed by atoms with E-state index in [-0.39, 0.29) is 12.3 Å². The predicted octanol–water partition coefficient (Wildman–Crippen LogP) is 6.68. The number of anilines is 1. The third-order valence-corrected chi connectivity index (χ3v) is 5.50. The first-order valence-corrected chi connectivity index (χ1v) is 10.3. The summed E-state index contributed by atoms with van der Waals surface area (Å²) in [6.07, 6.45) is -4.41. The molecule has 0 fully saturated rings. The van der Waals surface area contributed by atoms with E-state index in [0.29, 0.717) is 11.3 Å². The summed E-state index contributed by atoms with van der Waals surface area (Å²) in [7, 11) is 0. The van der Waals surface area contributed by atoms with Gasteiger partial charge in [0.2, 0.25) is 5.91 Å². The van der Waals surface area contributed by atoms with E-state index in [1.165, 1.54) is 12.1 Å². The lowest BCUT2D eigenvalue weighted by Crippen LogP contribution is -2.14. The maximum atomic E-state index is 12.7. The van der Waals surface area contributed by atoms with Gasteiger partial charge in [-0.2, -0.15) is 13.2 Å². The van der Waals surface area contributed by atoms with Gasteiger partial charge in [0.15, 0.2) is 0 Å². The number of benzene rings is 3. The van der Waals surface area contributed by atoms with Crippen LogP contribution in [0, 0.1) is 0 Å². The van der Waals surface area contributed by atoms with Crippen LogP contribution in [0.2, 0.25) is 0 Å². The highest BCUT2D eigenvalue weighted by atomic mass is 32.1. The van der Waals surface area contributed by atoms with Crippen molar-refractivity contribution < 1.29 is 18.0 Å². The number of hydrogen-bond acceptors (Lipinski definition) is 3. The average Bonchev–Trinajstić information content (AvgIpc) is 3.25. The molecule has 0 saturated carbocycles. The van der Waals surface area contributed by atoms with Gasteiger partial charge in [0, 0.05) is 22.2 Å². The van der Waals surface area contributed by atoms with Gasteiger partial charge in [0.05, 0.1) is 17.7 Å². The molecule has 7 heteroatoms. The molecule has 31 heavy (non-hydrogen) atoms. The Kier molecular flexibility index (Phi) is 5.86. The lowest BCUT2D eigenvalue weighted by atomic mass is 10.1. The van der Waals surface area contributed by atoms with Crippen LogP contribution in [0.3, 0.4) is 0 Å². The van der Waals surface area contributed by atoms with Crippen molar-refractivity contribution in [2.45, 2.75) is 12.6 Å². The summed E-state index contributed by atoms with van der Waals surface area (Å²) >= 11 is 1.54. The van der Waals surface area contributed by atoms with Gasteiger partial charge < -0.3 is 5.32 Å². The summed E-state index contributed by atoms with van der Waals surface area (Å²) in [5, 5.41) is 5.67. The SMILES string of the molecule is O=C(Cc1ccc(C(F)(F)F)cc1)Nc1cccc(-c2csc(-c3ccccc3)n2)c1. The molecule has 1 N–H and O–H groups in total. The van der Waals surface area contributed by atoms with Gasteiger partial charge >= 0.3 is 6.18 Å². The summed E-state index contributed by atoms with van der Waals surface area (Å²) in [4.78, 5) is 17.0. The molecule has 0 radical (unpaired) electrons. The van der Waals surface area contributed by atoms with Gasteiger partial charge in [-0.3, -0.25) is 4.79 Å². The zero-order chi connectivity index (χ0) is 21.8. The molecule has 4 rings (SSSR count). The number of amides is 1. The van der Waals surface area contributed by atoms with Gasteiger partial charge in [-0.15, -0.1) is 11.3 Å². The van der Waals surface area contributed by atoms with E-state index < -0.39 is 11.7 Å². The minimum atomic E-state index is -4.39. The number of carbonyl (C=O) groups is 1. The van der Waals surface area contributed by atoms with Crippen LogP contribution in [0.25, 0.3) is 21.8 Å². The Balaban J connectivity index is 1.44. The first-order valence-electron chi connectivity index (χ1n) is 9.46. The van der Waals surface area contributed by atoms with Crippen LogP contribution in [0.15, 0.2) is 84.2 Å². The third-order valence-electron chi connectivity index (χ3n) is 4.61. The normalized spacial score (nSPS) is 11.3. The average molecular weight is 438 g/mol. The highest BCUT2D eigenvalue weighted by Crippen LogP contribution is 2.30. The van der Waals surface area contributed by atoms with Crippen molar-refractivity contribution in [3.8, 4) is 21.8 Å². The molecule has 1 amide bonds. The predicted molar refractivity (Wildman–Crippen MR) is 117 cm³/mol. The topological polar surface area (TPSA) is 42.0 Å². The molecule has 3 aromatic carbocycles. The summed E-state index contributed by atoms with van der Waals surface area (Å²) in [6.45, 7) is 0. The van der Waals surface area contributed by atoms with Crippen molar-refractivity contribution in [3.63, 3.8) is 0 Å². The second-order valence-corrected chi connectivity index (χ2v) is 7.76. The summed E-state index contributed by atoms with van der Waals surface area (Å²) < 4.78 is 38.0. The maximum Gasteiger partial charge on any atom is 0.416 e. The molecule has 0 aliphatic carbocycles. The first kappa shape index (κ1) is 20.8. The molecule has 0 atom stereocenters. The van der Waals surface area contributed by atoms with Crippen LogP contribution in [-0.2, 0) is 17.4 Å². The Morgan fingerprint density at radius 2 is 1.61 bits per heavy atom. The van der Waals surface area contributed by atoms with Crippen LogP contribution in [0.4, 0.5) is 18.9 Å². The van der Waals surface area contributed by atoms with Crippen molar-refractivity contribution >= 4 is 22.9 Å². The van der Waals surface area contributed by atoms with Gasteiger partial charge in [-0.25, -0.2) is 4.98 Å². The van der Waals surface area contributed by atoms with Crippen LogP contribution in [0.5, 0.6) is 0 Å². The fourth-order valence-corrected chi connectivity index (χ4v) is 3.91. The zero-order valence-electron chi connectivity index (χ0n) is 16.2. The van der Waals surface area contributed by atoms with E-state index in [1.807, 2.05) is 53.9 Å². The first-order chi connectivity index (χ1) is 14.9. The van der Waals surface area contributed by atoms with Crippen molar-refractivity contribution in [2.75, 3.05) is 5.32 Å². The molecule has 0 aliphatic heterocycles. The molecule has 0 saturated heterocycles. The summed E-state index contributed by atoms with van der Waals surface area (Å²) in [5.41, 5.74) is 3.09. The highest BCUT2D eigenvalue weighted by Gasteiger charge is 2.29. The van der Waals surface area contributed by atoms with Gasteiger partial charge in [0.25, 0.3) is 0 Å². The van der Waals surface area contributed by atoms with Crippen LogP contribution < -0.4 is 5.32 Å². The fourth-order valence-electron chi connectivity index (χ4n) is 3.08. The monoisotopic (exact) mass is 438 g/mol. The molecule has 1 heterocycles. The summed E-state index contributed by atoms with van der Waals surface area (Å²) in [5.74, 6) is -0.305. The number of nitrogens with one attached hydrogen (secondary N) is 1. The van der Waals surface area contributed by atoms with E-state index in [9.17, 15) is 18.0 Å². The minimum absolute atomic E-state index is 0.0166. The Bertz CT molecular complexity index is 1190. The molecule has 0 aliphatic rings. The molecular formula is C24H17F3N2OS. The molecule has 156 valence electrons. The number of alkyl halides is 3. The van der Waals surface area contributed by atoms with Crippen LogP contribution in [0.1, 0.15) is 11.1 Å². The molecule has 4 aromatic rings. The number of carbonyl (C=O) groups excluding carboxylic acids is 1. The number of aromatic nitrogens is 1. The summed E-state index contributed by atoms with van der Waals surface area (Å²) in [6, 6.07) is 21.8. The number of nitrogens with zero attached hydrogens (tertiary/aromatic N) is 1. The van der Waals surface area contributed by atoms with Crippen LogP contribution in [-0.4, -0.2) is 10.9 Å². The molecule has 0 unspecified atom stereocenters. The Morgan fingerprint density at radius 1 is 0.903 bits per heavy atom. The Morgan fingerprint density at radius 3 is 2.32 bits per heavy atom. The molecular weight excluding hydrogens is 421 g/mol. The van der Waals surface area contributed by atoms with E-state index in [4.69, 9.17) is 0 Å². The van der Waals surface area contributed by atoms with Gasteiger partial charge in [-0.05, 0) is 29.8 Å². The molecule has 3 nitrogen and oxygen atoms in total. The Labute approximate surface area is 181 Å². The largest absolute Gasteiger partial charge is 0.416 e. The lowest BCUT2D eigenvalue weighted by Gasteiger charge is -2.09. The van der Waals surface area contributed by atoms with E-state index in [0.717, 1.165) is 34.0 Å². The minimum Gasteiger partial charge on any atom is -0.326 e. The van der Waals surface area contributed by atoms with Crippen LogP contribution >= 0.6 is 11.3 Å². The van der Waals surface area contributed by atoms with Gasteiger partial charge in [0.1, 0.15) is 5.01 Å². The van der Waals surface area contributed by atoms with E-state index in [1.54, 1.807) is 17.4 Å². The van der Waals surface area contributed by atoms with Gasteiger partial charge in [-0.1, -0.05) is 54.6 Å². The number of thiazole rings is 1. The maximum absolute atomic E-state index is 12.7. The number of hydrogen-bond donors (Lipinski definition) is 1. The molecule has 1 aromatic heterocycles. The smallest absolute Gasteiger partial charge is 0.326 e. The van der Waals surface area contributed by atoms with Crippen molar-refractivity contribution in [1.29, 1.82) is 0 Å². The van der Waals surface area contributed by atoms with Crippen molar-refractivity contribution in [3.05, 3.63) is 95.4 Å². The van der Waals surface area contributed by atoms with Crippen molar-refractivity contribution in [1.82, 2.24) is 4.98 Å². The van der Waals surface area contributed by atoms with Crippen molar-refractivity contribution in [2.24, 2.45) is 0 Å². The Hall–Kier alpha value is -3.45. The highest BCUT2D eigenvalue weighted by molar-refractivity contribution is 7.13. The number of halogens is 3.